The van der Waals surface area contributed by atoms with Gasteiger partial charge in [-0.2, -0.15) is 0 Å². The third kappa shape index (κ3) is 4.08. The van der Waals surface area contributed by atoms with Crippen molar-refractivity contribution in [2.45, 2.75) is 32.2 Å². The van der Waals surface area contributed by atoms with Gasteiger partial charge in [0, 0.05) is 17.1 Å². The Balaban J connectivity index is 1.80. The molecular weight excluding hydrogens is 260 g/mol. The Labute approximate surface area is 118 Å². The number of carbonyl (C=O) groups is 1. The monoisotopic (exact) mass is 278 g/mol. The average molecular weight is 279 g/mol. The van der Waals surface area contributed by atoms with Gasteiger partial charge < -0.3 is 11.1 Å². The summed E-state index contributed by atoms with van der Waals surface area (Å²) in [6, 6.07) is 5.19. The molecule has 1 aromatic carbocycles. The highest BCUT2D eigenvalue weighted by Crippen LogP contribution is 2.20. The van der Waals surface area contributed by atoms with Crippen molar-refractivity contribution in [1.29, 1.82) is 0 Å². The Bertz CT molecular complexity index is 497. The molecular formula is C15H19ClN2O. The average Bonchev–Trinajstić information content (AvgIpc) is 2.89. The molecule has 4 heteroatoms. The van der Waals surface area contributed by atoms with E-state index in [-0.39, 0.29) is 0 Å². The second kappa shape index (κ2) is 6.73. The molecule has 0 heterocycles. The molecule has 0 radical (unpaired) electrons. The highest BCUT2D eigenvalue weighted by Gasteiger charge is 2.06. The summed E-state index contributed by atoms with van der Waals surface area (Å²) in [6.45, 7) is 1.67. The van der Waals surface area contributed by atoms with Gasteiger partial charge in [0.25, 0.3) is 0 Å². The van der Waals surface area contributed by atoms with E-state index >= 15 is 0 Å². The van der Waals surface area contributed by atoms with Crippen molar-refractivity contribution in [3.63, 3.8) is 0 Å². The molecule has 0 spiro atoms. The van der Waals surface area contributed by atoms with E-state index in [4.69, 9.17) is 17.3 Å². The van der Waals surface area contributed by atoms with Crippen molar-refractivity contribution in [3.8, 4) is 0 Å². The number of hydrogen-bond acceptors (Lipinski definition) is 2. The van der Waals surface area contributed by atoms with Crippen LogP contribution in [0.3, 0.4) is 0 Å². The van der Waals surface area contributed by atoms with Gasteiger partial charge in [-0.05, 0) is 49.9 Å². The number of benzene rings is 1. The number of allylic oxidation sites excluding steroid dienone is 1. The Morgan fingerprint density at radius 2 is 2.26 bits per heavy atom. The first kappa shape index (κ1) is 14.1. The Morgan fingerprint density at radius 3 is 2.89 bits per heavy atom. The summed E-state index contributed by atoms with van der Waals surface area (Å²) in [7, 11) is 0. The molecule has 0 atom stereocenters. The molecule has 3 nitrogen and oxygen atoms in total. The standard InChI is InChI=1S/C15H19ClN2O/c16-14-9-12(15(17)19)5-6-13(14)10-18-8-7-11-3-1-2-4-11/h3,5-6,9,18H,1-2,4,7-8,10H2,(H2,17,19). The number of primary amides is 1. The van der Waals surface area contributed by atoms with Gasteiger partial charge in [-0.1, -0.05) is 29.3 Å². The SMILES string of the molecule is NC(=O)c1ccc(CNCCC2=CCCC2)c(Cl)c1. The van der Waals surface area contributed by atoms with Gasteiger partial charge >= 0.3 is 0 Å². The van der Waals surface area contributed by atoms with Crippen molar-refractivity contribution < 1.29 is 4.79 Å². The van der Waals surface area contributed by atoms with Crippen LogP contribution >= 0.6 is 11.6 Å². The summed E-state index contributed by atoms with van der Waals surface area (Å²) in [6.07, 6.45) is 7.23. The maximum Gasteiger partial charge on any atom is 0.248 e. The smallest absolute Gasteiger partial charge is 0.248 e. The maximum absolute atomic E-state index is 11.0. The van der Waals surface area contributed by atoms with Crippen molar-refractivity contribution >= 4 is 17.5 Å². The molecule has 1 aliphatic carbocycles. The van der Waals surface area contributed by atoms with Crippen LogP contribution in [0.2, 0.25) is 5.02 Å². The number of halogens is 1. The fourth-order valence-electron chi connectivity index (χ4n) is 2.28. The van der Waals surface area contributed by atoms with Crippen LogP contribution in [-0.4, -0.2) is 12.5 Å². The maximum atomic E-state index is 11.0. The van der Waals surface area contributed by atoms with E-state index in [2.05, 4.69) is 11.4 Å². The minimum Gasteiger partial charge on any atom is -0.366 e. The first-order chi connectivity index (χ1) is 9.16. The summed E-state index contributed by atoms with van der Waals surface area (Å²) in [5.41, 5.74) is 8.20. The third-order valence-corrected chi connectivity index (χ3v) is 3.76. The zero-order valence-corrected chi connectivity index (χ0v) is 11.7. The van der Waals surface area contributed by atoms with E-state index in [0.717, 1.165) is 18.5 Å². The Morgan fingerprint density at radius 1 is 1.42 bits per heavy atom. The normalized spacial score (nSPS) is 14.5. The first-order valence-electron chi connectivity index (χ1n) is 6.63. The summed E-state index contributed by atoms with van der Waals surface area (Å²) in [5.74, 6) is -0.449. The van der Waals surface area contributed by atoms with Crippen molar-refractivity contribution in [2.75, 3.05) is 6.54 Å². The van der Waals surface area contributed by atoms with Crippen molar-refractivity contribution in [3.05, 3.63) is 46.0 Å². The lowest BCUT2D eigenvalue weighted by Crippen LogP contribution is -2.16. The summed E-state index contributed by atoms with van der Waals surface area (Å²) in [4.78, 5) is 11.0. The zero-order valence-electron chi connectivity index (χ0n) is 10.9. The number of rotatable bonds is 6. The number of nitrogens with two attached hydrogens (primary N) is 1. The van der Waals surface area contributed by atoms with E-state index < -0.39 is 5.91 Å². The van der Waals surface area contributed by atoms with E-state index in [0.29, 0.717) is 17.1 Å². The van der Waals surface area contributed by atoms with Crippen LogP contribution in [0.15, 0.2) is 29.8 Å². The molecule has 1 amide bonds. The van der Waals surface area contributed by atoms with Crippen LogP contribution in [0, 0.1) is 0 Å². The topological polar surface area (TPSA) is 55.1 Å². The first-order valence-corrected chi connectivity index (χ1v) is 7.01. The van der Waals surface area contributed by atoms with Crippen LogP contribution in [0.1, 0.15) is 41.6 Å². The molecule has 0 saturated carbocycles. The lowest BCUT2D eigenvalue weighted by molar-refractivity contribution is 0.100. The molecule has 3 N–H and O–H groups in total. The van der Waals surface area contributed by atoms with Gasteiger partial charge in [0.05, 0.1) is 0 Å². The number of amides is 1. The third-order valence-electron chi connectivity index (χ3n) is 3.41. The van der Waals surface area contributed by atoms with Gasteiger partial charge in [-0.15, -0.1) is 0 Å². The second-order valence-corrected chi connectivity index (χ2v) is 5.26. The van der Waals surface area contributed by atoms with Gasteiger partial charge in [0.1, 0.15) is 0 Å². The molecule has 19 heavy (non-hydrogen) atoms. The molecule has 0 fully saturated rings. The Kier molecular flexibility index (Phi) is 5.00. The van der Waals surface area contributed by atoms with Gasteiger partial charge in [-0.25, -0.2) is 0 Å². The van der Waals surface area contributed by atoms with E-state index in [9.17, 15) is 4.79 Å². The minimum absolute atomic E-state index is 0.449. The largest absolute Gasteiger partial charge is 0.366 e. The summed E-state index contributed by atoms with van der Waals surface area (Å²) in [5, 5.41) is 3.96. The fraction of sp³-hybridized carbons (Fsp3) is 0.400. The van der Waals surface area contributed by atoms with Crippen LogP contribution < -0.4 is 11.1 Å². The van der Waals surface area contributed by atoms with Crippen molar-refractivity contribution in [2.24, 2.45) is 5.73 Å². The van der Waals surface area contributed by atoms with Crippen LogP contribution in [0.4, 0.5) is 0 Å². The number of nitrogens with one attached hydrogen (secondary N) is 1. The summed E-state index contributed by atoms with van der Waals surface area (Å²) >= 11 is 6.12. The number of carbonyl (C=O) groups excluding carboxylic acids is 1. The van der Waals surface area contributed by atoms with E-state index in [1.165, 1.54) is 19.3 Å². The van der Waals surface area contributed by atoms with Crippen molar-refractivity contribution in [1.82, 2.24) is 5.32 Å². The molecule has 1 aliphatic rings. The minimum atomic E-state index is -0.449. The van der Waals surface area contributed by atoms with Crippen LogP contribution in [-0.2, 0) is 6.54 Å². The van der Waals surface area contributed by atoms with Gasteiger partial charge in [0.15, 0.2) is 0 Å². The second-order valence-electron chi connectivity index (χ2n) is 4.85. The molecule has 0 bridgehead atoms. The predicted octanol–water partition coefficient (Wildman–Crippen LogP) is 3.03. The molecule has 0 aromatic heterocycles. The van der Waals surface area contributed by atoms with E-state index in [1.807, 2.05) is 6.07 Å². The molecule has 2 rings (SSSR count). The predicted molar refractivity (Wildman–Crippen MR) is 78.2 cm³/mol. The zero-order chi connectivity index (χ0) is 13.7. The number of hydrogen-bond donors (Lipinski definition) is 2. The summed E-state index contributed by atoms with van der Waals surface area (Å²) < 4.78 is 0. The lowest BCUT2D eigenvalue weighted by Gasteiger charge is -2.08. The van der Waals surface area contributed by atoms with Gasteiger partial charge in [-0.3, -0.25) is 4.79 Å². The molecule has 0 aliphatic heterocycles. The fourth-order valence-corrected chi connectivity index (χ4v) is 2.53. The molecule has 1 aromatic rings. The molecule has 0 saturated heterocycles. The lowest BCUT2D eigenvalue weighted by atomic mass is 10.1. The molecule has 0 unspecified atom stereocenters. The van der Waals surface area contributed by atoms with Crippen LogP contribution in [0.5, 0.6) is 0 Å². The van der Waals surface area contributed by atoms with E-state index in [1.54, 1.807) is 17.7 Å². The quantitative estimate of drug-likeness (QED) is 0.621. The highest BCUT2D eigenvalue weighted by molar-refractivity contribution is 6.31. The molecule has 102 valence electrons. The highest BCUT2D eigenvalue weighted by atomic mass is 35.5. The van der Waals surface area contributed by atoms with Crippen LogP contribution in [0.25, 0.3) is 0 Å². The van der Waals surface area contributed by atoms with Gasteiger partial charge in [0.2, 0.25) is 5.91 Å². The Hall–Kier alpha value is -1.32.